The minimum Gasteiger partial charge on any atom is -0.380 e. The molecule has 1 aliphatic rings. The van der Waals surface area contributed by atoms with E-state index < -0.39 is 0 Å². The predicted octanol–water partition coefficient (Wildman–Crippen LogP) is 3.33. The van der Waals surface area contributed by atoms with E-state index >= 15 is 0 Å². The molecular formula is C22H28N4O3. The third-order valence-electron chi connectivity index (χ3n) is 5.85. The van der Waals surface area contributed by atoms with Gasteiger partial charge in [-0.25, -0.2) is 4.98 Å². The summed E-state index contributed by atoms with van der Waals surface area (Å²) in [5.74, 6) is 1.22. The highest BCUT2D eigenvalue weighted by atomic mass is 16.5. The number of amides is 1. The number of H-pyrrole nitrogens is 1. The van der Waals surface area contributed by atoms with Gasteiger partial charge in [-0.1, -0.05) is 19.3 Å². The van der Waals surface area contributed by atoms with Crippen LogP contribution in [0.3, 0.4) is 0 Å². The van der Waals surface area contributed by atoms with Gasteiger partial charge < -0.3 is 14.6 Å². The van der Waals surface area contributed by atoms with E-state index in [2.05, 4.69) is 9.97 Å². The van der Waals surface area contributed by atoms with Crippen LogP contribution in [0.1, 0.15) is 61.1 Å². The Kier molecular flexibility index (Phi) is 5.67. The number of aromatic amines is 1. The molecule has 154 valence electrons. The van der Waals surface area contributed by atoms with Gasteiger partial charge in [0.1, 0.15) is 11.3 Å². The SMILES string of the molecule is CCOCCN(C)C(=O)c1ccc2[nH]c(=O)c3cnc(C4CCCCC4)n3c2c1. The summed E-state index contributed by atoms with van der Waals surface area (Å²) in [6, 6.07) is 5.44. The second-order valence-electron chi connectivity index (χ2n) is 7.78. The Balaban J connectivity index is 1.77. The number of hydrogen-bond acceptors (Lipinski definition) is 4. The summed E-state index contributed by atoms with van der Waals surface area (Å²) in [5.41, 5.74) is 2.51. The molecule has 2 aromatic heterocycles. The van der Waals surface area contributed by atoms with Crippen molar-refractivity contribution < 1.29 is 9.53 Å². The van der Waals surface area contributed by atoms with Crippen LogP contribution in [0, 0.1) is 0 Å². The Labute approximate surface area is 169 Å². The second-order valence-corrected chi connectivity index (χ2v) is 7.78. The van der Waals surface area contributed by atoms with Crippen molar-refractivity contribution in [2.45, 2.75) is 44.9 Å². The van der Waals surface area contributed by atoms with Gasteiger partial charge >= 0.3 is 0 Å². The van der Waals surface area contributed by atoms with Crippen molar-refractivity contribution >= 4 is 22.5 Å². The molecule has 0 bridgehead atoms. The summed E-state index contributed by atoms with van der Waals surface area (Å²) in [7, 11) is 1.78. The Morgan fingerprint density at radius 3 is 2.83 bits per heavy atom. The van der Waals surface area contributed by atoms with Crippen LogP contribution < -0.4 is 5.56 Å². The molecule has 1 fully saturated rings. The fraction of sp³-hybridized carbons (Fsp3) is 0.500. The van der Waals surface area contributed by atoms with Crippen molar-refractivity contribution in [1.29, 1.82) is 0 Å². The van der Waals surface area contributed by atoms with E-state index in [0.29, 0.717) is 42.3 Å². The normalized spacial score (nSPS) is 15.2. The molecule has 3 aromatic rings. The molecule has 0 aliphatic heterocycles. The average Bonchev–Trinajstić information content (AvgIpc) is 3.20. The lowest BCUT2D eigenvalue weighted by Crippen LogP contribution is -2.30. The number of hydrogen-bond donors (Lipinski definition) is 1. The van der Waals surface area contributed by atoms with Gasteiger partial charge in [0.25, 0.3) is 11.5 Å². The molecule has 0 atom stereocenters. The van der Waals surface area contributed by atoms with Gasteiger partial charge in [-0.05, 0) is 38.0 Å². The highest BCUT2D eigenvalue weighted by Gasteiger charge is 2.22. The molecule has 0 unspecified atom stereocenters. The van der Waals surface area contributed by atoms with E-state index in [4.69, 9.17) is 4.74 Å². The first kappa shape index (κ1) is 19.6. The predicted molar refractivity (Wildman–Crippen MR) is 113 cm³/mol. The Bertz CT molecular complexity index is 1080. The molecule has 2 heterocycles. The van der Waals surface area contributed by atoms with Crippen LogP contribution in [0.4, 0.5) is 0 Å². The highest BCUT2D eigenvalue weighted by molar-refractivity contribution is 5.97. The highest BCUT2D eigenvalue weighted by Crippen LogP contribution is 2.33. The zero-order valence-electron chi connectivity index (χ0n) is 17.1. The van der Waals surface area contributed by atoms with Crippen LogP contribution in [0.2, 0.25) is 0 Å². The van der Waals surface area contributed by atoms with Crippen molar-refractivity contribution in [1.82, 2.24) is 19.3 Å². The Hall–Kier alpha value is -2.67. The summed E-state index contributed by atoms with van der Waals surface area (Å²) < 4.78 is 7.32. The summed E-state index contributed by atoms with van der Waals surface area (Å²) >= 11 is 0. The molecule has 1 aliphatic carbocycles. The minimum absolute atomic E-state index is 0.0646. The largest absolute Gasteiger partial charge is 0.380 e. The molecule has 7 heteroatoms. The summed E-state index contributed by atoms with van der Waals surface area (Å²) in [6.07, 6.45) is 7.47. The molecule has 0 saturated heterocycles. The number of rotatable bonds is 6. The third-order valence-corrected chi connectivity index (χ3v) is 5.85. The zero-order chi connectivity index (χ0) is 20.4. The number of likely N-dealkylation sites (N-methyl/N-ethyl adjacent to an activating group) is 1. The van der Waals surface area contributed by atoms with E-state index in [-0.39, 0.29) is 11.5 Å². The monoisotopic (exact) mass is 396 g/mol. The molecular weight excluding hydrogens is 368 g/mol. The Morgan fingerprint density at radius 2 is 2.07 bits per heavy atom. The van der Waals surface area contributed by atoms with Gasteiger partial charge in [0.15, 0.2) is 0 Å². The van der Waals surface area contributed by atoms with Crippen molar-refractivity contribution in [2.75, 3.05) is 26.8 Å². The molecule has 1 amide bonds. The van der Waals surface area contributed by atoms with Crippen LogP contribution in [0.5, 0.6) is 0 Å². The van der Waals surface area contributed by atoms with Crippen LogP contribution in [0.25, 0.3) is 16.6 Å². The first-order chi connectivity index (χ1) is 14.1. The van der Waals surface area contributed by atoms with Crippen molar-refractivity contribution in [2.24, 2.45) is 0 Å². The fourth-order valence-corrected chi connectivity index (χ4v) is 4.24. The number of fused-ring (bicyclic) bond motifs is 3. The topological polar surface area (TPSA) is 79.7 Å². The molecule has 7 nitrogen and oxygen atoms in total. The first-order valence-corrected chi connectivity index (χ1v) is 10.5. The van der Waals surface area contributed by atoms with E-state index in [1.807, 2.05) is 23.5 Å². The number of aromatic nitrogens is 3. The number of nitrogens with one attached hydrogen (secondary N) is 1. The maximum atomic E-state index is 12.9. The van der Waals surface area contributed by atoms with E-state index in [1.165, 1.54) is 19.3 Å². The van der Waals surface area contributed by atoms with E-state index in [1.54, 1.807) is 24.2 Å². The number of ether oxygens (including phenoxy) is 1. The fourth-order valence-electron chi connectivity index (χ4n) is 4.24. The van der Waals surface area contributed by atoms with Gasteiger partial charge in [0, 0.05) is 31.7 Å². The van der Waals surface area contributed by atoms with Crippen LogP contribution in [0.15, 0.2) is 29.2 Å². The number of carbonyl (C=O) groups is 1. The van der Waals surface area contributed by atoms with Gasteiger partial charge in [-0.15, -0.1) is 0 Å². The molecule has 0 spiro atoms. The first-order valence-electron chi connectivity index (χ1n) is 10.5. The minimum atomic E-state index is -0.153. The second kappa shape index (κ2) is 8.37. The standard InChI is InChI=1S/C22H28N4O3/c1-3-29-12-11-25(2)22(28)16-9-10-17-18(13-16)26-19(21(27)24-17)14-23-20(26)15-7-5-4-6-8-15/h9-10,13-15H,3-8,11-12H2,1-2H3,(H,24,27). The van der Waals surface area contributed by atoms with Gasteiger partial charge in [-0.2, -0.15) is 0 Å². The molecule has 4 rings (SSSR count). The lowest BCUT2D eigenvalue weighted by molar-refractivity contribution is 0.0710. The summed E-state index contributed by atoms with van der Waals surface area (Å²) in [6.45, 7) is 3.61. The van der Waals surface area contributed by atoms with Crippen molar-refractivity contribution in [3.8, 4) is 0 Å². The van der Waals surface area contributed by atoms with E-state index in [9.17, 15) is 9.59 Å². The van der Waals surface area contributed by atoms with Crippen LogP contribution in [-0.4, -0.2) is 52.0 Å². The quantitative estimate of drug-likeness (QED) is 0.648. The number of carbonyl (C=O) groups excluding carboxylic acids is 1. The molecule has 1 saturated carbocycles. The summed E-state index contributed by atoms with van der Waals surface area (Å²) in [5, 5.41) is 0. The smallest absolute Gasteiger partial charge is 0.274 e. The number of nitrogens with zero attached hydrogens (tertiary/aromatic N) is 3. The van der Waals surface area contributed by atoms with Gasteiger partial charge in [0.05, 0.1) is 23.8 Å². The van der Waals surface area contributed by atoms with E-state index in [0.717, 1.165) is 24.2 Å². The molecule has 1 aromatic carbocycles. The van der Waals surface area contributed by atoms with Crippen LogP contribution in [-0.2, 0) is 4.74 Å². The lowest BCUT2D eigenvalue weighted by atomic mass is 9.88. The number of imidazole rings is 1. The molecule has 0 radical (unpaired) electrons. The maximum Gasteiger partial charge on any atom is 0.274 e. The van der Waals surface area contributed by atoms with Crippen molar-refractivity contribution in [3.63, 3.8) is 0 Å². The van der Waals surface area contributed by atoms with Gasteiger partial charge in [0.2, 0.25) is 0 Å². The maximum absolute atomic E-state index is 12.9. The molecule has 1 N–H and O–H groups in total. The lowest BCUT2D eigenvalue weighted by Gasteiger charge is -2.21. The summed E-state index contributed by atoms with van der Waals surface area (Å²) in [4.78, 5) is 34.6. The Morgan fingerprint density at radius 1 is 1.28 bits per heavy atom. The van der Waals surface area contributed by atoms with Crippen molar-refractivity contribution in [3.05, 3.63) is 46.1 Å². The average molecular weight is 396 g/mol. The zero-order valence-corrected chi connectivity index (χ0v) is 17.1. The van der Waals surface area contributed by atoms with Crippen LogP contribution >= 0.6 is 0 Å². The van der Waals surface area contributed by atoms with Gasteiger partial charge in [-0.3, -0.25) is 14.0 Å². The molecule has 29 heavy (non-hydrogen) atoms. The third kappa shape index (κ3) is 3.79. The number of benzene rings is 1.